The summed E-state index contributed by atoms with van der Waals surface area (Å²) in [7, 11) is 1.56. The number of nitrogens with one attached hydrogen (secondary N) is 1. The van der Waals surface area contributed by atoms with Crippen LogP contribution >= 0.6 is 11.3 Å². The summed E-state index contributed by atoms with van der Waals surface area (Å²) in [6, 6.07) is 5.23. The number of nitrogens with zero attached hydrogens (tertiary/aromatic N) is 2. The Kier molecular flexibility index (Phi) is 2.79. The largest absolute Gasteiger partial charge is 0.497 e. The van der Waals surface area contributed by atoms with E-state index in [9.17, 15) is 4.79 Å². The second kappa shape index (κ2) is 4.47. The number of H-pyrrole nitrogens is 1. The van der Waals surface area contributed by atoms with Crippen molar-refractivity contribution in [2.24, 2.45) is 0 Å². The predicted molar refractivity (Wildman–Crippen MR) is 74.8 cm³/mol. The SMILES string of the molecule is COc1ccc2nc(-c3nc(C)cs3)[nH]c(=O)c2c1. The topological polar surface area (TPSA) is 67.9 Å². The second-order valence-electron chi connectivity index (χ2n) is 4.09. The average molecular weight is 273 g/mol. The first-order valence-electron chi connectivity index (χ1n) is 5.68. The number of rotatable bonds is 2. The van der Waals surface area contributed by atoms with Crippen LogP contribution in [0.2, 0.25) is 0 Å². The highest BCUT2D eigenvalue weighted by molar-refractivity contribution is 7.13. The molecule has 0 saturated carbocycles. The summed E-state index contributed by atoms with van der Waals surface area (Å²) < 4.78 is 5.10. The third kappa shape index (κ3) is 2.10. The van der Waals surface area contributed by atoms with E-state index in [4.69, 9.17) is 4.74 Å². The molecular formula is C13H11N3O2S. The normalized spacial score (nSPS) is 10.8. The van der Waals surface area contributed by atoms with Crippen LogP contribution in [0.15, 0.2) is 28.4 Å². The van der Waals surface area contributed by atoms with E-state index in [1.807, 2.05) is 12.3 Å². The molecule has 5 nitrogen and oxygen atoms in total. The van der Waals surface area contributed by atoms with Crippen LogP contribution in [0.4, 0.5) is 0 Å². The highest BCUT2D eigenvalue weighted by Crippen LogP contribution is 2.22. The number of aromatic amines is 1. The molecule has 19 heavy (non-hydrogen) atoms. The zero-order valence-corrected chi connectivity index (χ0v) is 11.2. The fourth-order valence-corrected chi connectivity index (χ4v) is 2.55. The number of aromatic nitrogens is 3. The molecular weight excluding hydrogens is 262 g/mol. The molecule has 96 valence electrons. The molecule has 0 radical (unpaired) electrons. The number of hydrogen-bond acceptors (Lipinski definition) is 5. The van der Waals surface area contributed by atoms with Crippen LogP contribution in [0.3, 0.4) is 0 Å². The van der Waals surface area contributed by atoms with Crippen LogP contribution in [0.1, 0.15) is 5.69 Å². The van der Waals surface area contributed by atoms with Gasteiger partial charge in [0, 0.05) is 11.1 Å². The van der Waals surface area contributed by atoms with E-state index >= 15 is 0 Å². The molecule has 0 aliphatic heterocycles. The van der Waals surface area contributed by atoms with Crippen LogP contribution < -0.4 is 10.3 Å². The molecule has 3 aromatic rings. The molecule has 0 aliphatic carbocycles. The van der Waals surface area contributed by atoms with Crippen molar-refractivity contribution >= 4 is 22.2 Å². The lowest BCUT2D eigenvalue weighted by molar-refractivity contribution is 0.415. The molecule has 0 amide bonds. The van der Waals surface area contributed by atoms with Crippen LogP contribution in [0.25, 0.3) is 21.7 Å². The molecule has 0 unspecified atom stereocenters. The van der Waals surface area contributed by atoms with Crippen molar-refractivity contribution in [2.75, 3.05) is 7.11 Å². The molecule has 2 aromatic heterocycles. The molecule has 1 aromatic carbocycles. The van der Waals surface area contributed by atoms with E-state index in [1.54, 1.807) is 25.3 Å². The Hall–Kier alpha value is -2.21. The molecule has 0 saturated heterocycles. The van der Waals surface area contributed by atoms with Crippen LogP contribution in [-0.4, -0.2) is 22.1 Å². The monoisotopic (exact) mass is 273 g/mol. The summed E-state index contributed by atoms with van der Waals surface area (Å²) in [6.07, 6.45) is 0. The molecule has 0 bridgehead atoms. The molecule has 0 spiro atoms. The maximum Gasteiger partial charge on any atom is 0.259 e. The maximum absolute atomic E-state index is 12.1. The number of methoxy groups -OCH3 is 1. The van der Waals surface area contributed by atoms with Gasteiger partial charge in [-0.05, 0) is 25.1 Å². The van der Waals surface area contributed by atoms with E-state index in [1.165, 1.54) is 11.3 Å². The fraction of sp³-hybridized carbons (Fsp3) is 0.154. The van der Waals surface area contributed by atoms with Crippen molar-refractivity contribution in [2.45, 2.75) is 6.92 Å². The van der Waals surface area contributed by atoms with Crippen LogP contribution in [0.5, 0.6) is 5.75 Å². The first kappa shape index (κ1) is 11.9. The quantitative estimate of drug-likeness (QED) is 0.778. The van der Waals surface area contributed by atoms with Gasteiger partial charge in [0.2, 0.25) is 0 Å². The van der Waals surface area contributed by atoms with E-state index in [-0.39, 0.29) is 5.56 Å². The molecule has 0 atom stereocenters. The summed E-state index contributed by atoms with van der Waals surface area (Å²) in [5.74, 6) is 1.14. The number of aryl methyl sites for hydroxylation is 1. The van der Waals surface area contributed by atoms with Gasteiger partial charge >= 0.3 is 0 Å². The Morgan fingerprint density at radius 2 is 2.16 bits per heavy atom. The van der Waals surface area contributed by atoms with Crippen LogP contribution in [-0.2, 0) is 0 Å². The maximum atomic E-state index is 12.1. The van der Waals surface area contributed by atoms with Crippen LogP contribution in [0, 0.1) is 6.92 Å². The average Bonchev–Trinajstić information content (AvgIpc) is 2.85. The predicted octanol–water partition coefficient (Wildman–Crippen LogP) is 2.36. The van der Waals surface area contributed by atoms with Gasteiger partial charge in [0.05, 0.1) is 18.0 Å². The lowest BCUT2D eigenvalue weighted by Crippen LogP contribution is -2.09. The summed E-state index contributed by atoms with van der Waals surface area (Å²) in [4.78, 5) is 23.6. The van der Waals surface area contributed by atoms with E-state index in [0.717, 1.165) is 5.69 Å². The smallest absolute Gasteiger partial charge is 0.259 e. The van der Waals surface area contributed by atoms with Gasteiger partial charge in [0.25, 0.3) is 5.56 Å². The minimum Gasteiger partial charge on any atom is -0.497 e. The van der Waals surface area contributed by atoms with Crippen molar-refractivity contribution < 1.29 is 4.74 Å². The Morgan fingerprint density at radius 3 is 2.84 bits per heavy atom. The van der Waals surface area contributed by atoms with Gasteiger partial charge in [0.1, 0.15) is 5.75 Å². The second-order valence-corrected chi connectivity index (χ2v) is 4.95. The van der Waals surface area contributed by atoms with Gasteiger partial charge in [0.15, 0.2) is 10.8 Å². The highest BCUT2D eigenvalue weighted by atomic mass is 32.1. The van der Waals surface area contributed by atoms with E-state index in [2.05, 4.69) is 15.0 Å². The minimum absolute atomic E-state index is 0.188. The number of benzene rings is 1. The zero-order chi connectivity index (χ0) is 13.4. The van der Waals surface area contributed by atoms with E-state index in [0.29, 0.717) is 27.5 Å². The lowest BCUT2D eigenvalue weighted by Gasteiger charge is -2.03. The standard InChI is InChI=1S/C13H11N3O2S/c1-7-6-19-13(14-7)11-15-10-4-3-8(18-2)5-9(10)12(17)16-11/h3-6H,1-2H3,(H,15,16,17). The number of hydrogen-bond donors (Lipinski definition) is 1. The summed E-state index contributed by atoms with van der Waals surface area (Å²) >= 11 is 1.46. The minimum atomic E-state index is -0.188. The number of thiazole rings is 1. The van der Waals surface area contributed by atoms with Gasteiger partial charge in [-0.25, -0.2) is 9.97 Å². The lowest BCUT2D eigenvalue weighted by atomic mass is 10.2. The Bertz CT molecular complexity index is 807. The molecule has 2 heterocycles. The van der Waals surface area contributed by atoms with Crippen molar-refractivity contribution in [3.8, 4) is 16.6 Å². The van der Waals surface area contributed by atoms with Gasteiger partial charge in [-0.2, -0.15) is 0 Å². The zero-order valence-electron chi connectivity index (χ0n) is 10.4. The number of ether oxygens (including phenoxy) is 1. The molecule has 1 N–H and O–H groups in total. The van der Waals surface area contributed by atoms with Gasteiger partial charge < -0.3 is 9.72 Å². The Labute approximate surface area is 112 Å². The molecule has 0 aliphatic rings. The summed E-state index contributed by atoms with van der Waals surface area (Å²) in [5.41, 5.74) is 1.36. The van der Waals surface area contributed by atoms with E-state index < -0.39 is 0 Å². The third-order valence-electron chi connectivity index (χ3n) is 2.73. The first-order valence-corrected chi connectivity index (χ1v) is 6.56. The third-order valence-corrected chi connectivity index (χ3v) is 3.70. The van der Waals surface area contributed by atoms with Gasteiger partial charge in [-0.1, -0.05) is 0 Å². The Morgan fingerprint density at radius 1 is 1.32 bits per heavy atom. The van der Waals surface area contributed by atoms with Crippen molar-refractivity contribution in [3.63, 3.8) is 0 Å². The molecule has 3 rings (SSSR count). The van der Waals surface area contributed by atoms with Gasteiger partial charge in [-0.15, -0.1) is 11.3 Å². The summed E-state index contributed by atoms with van der Waals surface area (Å²) in [6.45, 7) is 1.91. The molecule has 0 fully saturated rings. The number of fused-ring (bicyclic) bond motifs is 1. The first-order chi connectivity index (χ1) is 9.17. The Balaban J connectivity index is 2.22. The molecule has 6 heteroatoms. The summed E-state index contributed by atoms with van der Waals surface area (Å²) in [5, 5.41) is 3.15. The van der Waals surface area contributed by atoms with Crippen molar-refractivity contribution in [1.82, 2.24) is 15.0 Å². The highest BCUT2D eigenvalue weighted by Gasteiger charge is 2.09. The fourth-order valence-electron chi connectivity index (χ4n) is 1.81. The van der Waals surface area contributed by atoms with Crippen molar-refractivity contribution in [3.05, 3.63) is 39.6 Å². The van der Waals surface area contributed by atoms with Crippen molar-refractivity contribution in [1.29, 1.82) is 0 Å². The van der Waals surface area contributed by atoms with Gasteiger partial charge in [-0.3, -0.25) is 4.79 Å².